The number of phenols is 1. The highest BCUT2D eigenvalue weighted by molar-refractivity contribution is 5.97. The molecule has 70 valence electrons. The summed E-state index contributed by atoms with van der Waals surface area (Å²) in [6, 6.07) is 6.87. The molecule has 0 heterocycles. The molecule has 0 aromatic heterocycles. The van der Waals surface area contributed by atoms with Gasteiger partial charge in [0.05, 0.1) is 0 Å². The quantitative estimate of drug-likeness (QED) is 0.532. The van der Waals surface area contributed by atoms with Crippen molar-refractivity contribution in [1.29, 1.82) is 0 Å². The zero-order valence-corrected chi connectivity index (χ0v) is 7.86. The highest BCUT2D eigenvalue weighted by atomic mass is 16.3. The summed E-state index contributed by atoms with van der Waals surface area (Å²) in [5, 5.41) is 9.04. The molecule has 1 aromatic carbocycles. The van der Waals surface area contributed by atoms with Gasteiger partial charge >= 0.3 is 0 Å². The number of nitrogens with two attached hydrogens (primary N) is 1. The van der Waals surface area contributed by atoms with Gasteiger partial charge < -0.3 is 10.8 Å². The maximum Gasteiger partial charge on any atom is 0.125 e. The minimum absolute atomic E-state index is 0.189. The molecule has 13 heavy (non-hydrogen) atoms. The number of rotatable bonds is 2. The summed E-state index contributed by atoms with van der Waals surface area (Å²) in [7, 11) is 0. The molecule has 0 bridgehead atoms. The van der Waals surface area contributed by atoms with Crippen molar-refractivity contribution >= 4 is 5.84 Å². The average molecular weight is 178 g/mol. The summed E-state index contributed by atoms with van der Waals surface area (Å²) < 4.78 is 0. The van der Waals surface area contributed by atoms with Crippen LogP contribution in [0.25, 0.3) is 0 Å². The third-order valence-electron chi connectivity index (χ3n) is 1.56. The SMILES string of the molecule is CC(C)N=C(N)c1ccc(O)cc1. The van der Waals surface area contributed by atoms with E-state index in [0.717, 1.165) is 5.56 Å². The van der Waals surface area contributed by atoms with Crippen LogP contribution in [-0.2, 0) is 0 Å². The summed E-state index contributed by atoms with van der Waals surface area (Å²) in [6.07, 6.45) is 0. The van der Waals surface area contributed by atoms with E-state index in [2.05, 4.69) is 4.99 Å². The van der Waals surface area contributed by atoms with E-state index in [-0.39, 0.29) is 11.8 Å². The van der Waals surface area contributed by atoms with Gasteiger partial charge in [0.2, 0.25) is 0 Å². The Morgan fingerprint density at radius 1 is 1.31 bits per heavy atom. The van der Waals surface area contributed by atoms with Crippen molar-refractivity contribution in [3.05, 3.63) is 29.8 Å². The minimum atomic E-state index is 0.189. The number of benzene rings is 1. The molecule has 0 saturated heterocycles. The van der Waals surface area contributed by atoms with Gasteiger partial charge in [-0.05, 0) is 38.1 Å². The summed E-state index contributed by atoms with van der Waals surface area (Å²) in [6.45, 7) is 3.93. The molecule has 0 radical (unpaired) electrons. The summed E-state index contributed by atoms with van der Waals surface area (Å²) in [4.78, 5) is 4.19. The Kier molecular flexibility index (Phi) is 2.90. The molecule has 3 heteroatoms. The predicted octanol–water partition coefficient (Wildman–Crippen LogP) is 1.51. The molecule has 0 aliphatic carbocycles. The summed E-state index contributed by atoms with van der Waals surface area (Å²) in [5.74, 6) is 0.746. The van der Waals surface area contributed by atoms with Gasteiger partial charge in [-0.25, -0.2) is 0 Å². The molecular formula is C10H14N2O. The molecule has 0 saturated carbocycles. The maximum absolute atomic E-state index is 9.04. The number of phenolic OH excluding ortho intramolecular Hbond substituents is 1. The normalized spacial score (nSPS) is 12.1. The van der Waals surface area contributed by atoms with Gasteiger partial charge in [0.25, 0.3) is 0 Å². The third kappa shape index (κ3) is 2.78. The lowest BCUT2D eigenvalue weighted by atomic mass is 10.2. The van der Waals surface area contributed by atoms with Gasteiger partial charge in [-0.1, -0.05) is 0 Å². The molecule has 3 N–H and O–H groups in total. The Morgan fingerprint density at radius 3 is 2.31 bits per heavy atom. The second-order valence-electron chi connectivity index (χ2n) is 3.15. The molecule has 3 nitrogen and oxygen atoms in total. The average Bonchev–Trinajstić information content (AvgIpc) is 2.04. The van der Waals surface area contributed by atoms with Crippen molar-refractivity contribution in [1.82, 2.24) is 0 Å². The summed E-state index contributed by atoms with van der Waals surface area (Å²) >= 11 is 0. The standard InChI is InChI=1S/C10H14N2O/c1-7(2)12-10(11)8-3-5-9(13)6-4-8/h3-7,13H,1-2H3,(H2,11,12). The van der Waals surface area contributed by atoms with E-state index in [4.69, 9.17) is 10.8 Å². The number of nitrogens with zero attached hydrogens (tertiary/aromatic N) is 1. The van der Waals surface area contributed by atoms with Crippen molar-refractivity contribution in [2.45, 2.75) is 19.9 Å². The number of aromatic hydroxyl groups is 1. The maximum atomic E-state index is 9.04. The molecule has 1 rings (SSSR count). The zero-order chi connectivity index (χ0) is 9.84. The van der Waals surface area contributed by atoms with Gasteiger partial charge in [0, 0.05) is 11.6 Å². The second kappa shape index (κ2) is 3.94. The molecule has 0 unspecified atom stereocenters. The van der Waals surface area contributed by atoms with Crippen LogP contribution in [0.5, 0.6) is 5.75 Å². The van der Waals surface area contributed by atoms with Crippen LogP contribution >= 0.6 is 0 Å². The molecule has 0 fully saturated rings. The van der Waals surface area contributed by atoms with Crippen LogP contribution in [0.1, 0.15) is 19.4 Å². The smallest absolute Gasteiger partial charge is 0.125 e. The van der Waals surface area contributed by atoms with Crippen LogP contribution in [0.2, 0.25) is 0 Å². The van der Waals surface area contributed by atoms with Gasteiger partial charge in [-0.2, -0.15) is 0 Å². The number of hydrogen-bond acceptors (Lipinski definition) is 2. The fourth-order valence-electron chi connectivity index (χ4n) is 0.985. The van der Waals surface area contributed by atoms with Crippen molar-refractivity contribution in [2.75, 3.05) is 0 Å². The molecule has 0 aliphatic heterocycles. The van der Waals surface area contributed by atoms with Crippen LogP contribution in [0.4, 0.5) is 0 Å². The van der Waals surface area contributed by atoms with Crippen molar-refractivity contribution in [3.63, 3.8) is 0 Å². The van der Waals surface area contributed by atoms with Crippen LogP contribution in [0, 0.1) is 0 Å². The molecule has 1 aromatic rings. The lowest BCUT2D eigenvalue weighted by molar-refractivity contribution is 0.475. The fourth-order valence-corrected chi connectivity index (χ4v) is 0.985. The van der Waals surface area contributed by atoms with E-state index in [0.29, 0.717) is 5.84 Å². The lowest BCUT2D eigenvalue weighted by Crippen LogP contribution is -2.15. The molecular weight excluding hydrogens is 164 g/mol. The van der Waals surface area contributed by atoms with E-state index < -0.39 is 0 Å². The first-order valence-corrected chi connectivity index (χ1v) is 4.22. The Balaban J connectivity index is 2.89. The van der Waals surface area contributed by atoms with Gasteiger partial charge in [-0.3, -0.25) is 4.99 Å². The predicted molar refractivity (Wildman–Crippen MR) is 54.0 cm³/mol. The molecule has 0 amide bonds. The van der Waals surface area contributed by atoms with Crippen molar-refractivity contribution in [2.24, 2.45) is 10.7 Å². The van der Waals surface area contributed by atoms with E-state index in [1.54, 1.807) is 24.3 Å². The van der Waals surface area contributed by atoms with Crippen LogP contribution in [-0.4, -0.2) is 17.0 Å². The number of hydrogen-bond donors (Lipinski definition) is 2. The largest absolute Gasteiger partial charge is 0.508 e. The molecule has 0 spiro atoms. The fraction of sp³-hybridized carbons (Fsp3) is 0.300. The van der Waals surface area contributed by atoms with Crippen LogP contribution < -0.4 is 5.73 Å². The summed E-state index contributed by atoms with van der Waals surface area (Å²) in [5.41, 5.74) is 6.55. The lowest BCUT2D eigenvalue weighted by Gasteiger charge is -2.02. The first kappa shape index (κ1) is 9.58. The molecule has 0 aliphatic rings. The second-order valence-corrected chi connectivity index (χ2v) is 3.15. The van der Waals surface area contributed by atoms with Crippen LogP contribution in [0.15, 0.2) is 29.3 Å². The first-order chi connectivity index (χ1) is 6.09. The number of aliphatic imine (C=N–C) groups is 1. The Bertz CT molecular complexity index is 301. The van der Waals surface area contributed by atoms with E-state index in [9.17, 15) is 0 Å². The Morgan fingerprint density at radius 2 is 1.85 bits per heavy atom. The Hall–Kier alpha value is -1.51. The van der Waals surface area contributed by atoms with E-state index in [1.165, 1.54) is 0 Å². The zero-order valence-electron chi connectivity index (χ0n) is 7.86. The first-order valence-electron chi connectivity index (χ1n) is 4.22. The monoisotopic (exact) mass is 178 g/mol. The van der Waals surface area contributed by atoms with Crippen molar-refractivity contribution in [3.8, 4) is 5.75 Å². The van der Waals surface area contributed by atoms with Gasteiger partial charge in [-0.15, -0.1) is 0 Å². The highest BCUT2D eigenvalue weighted by Crippen LogP contribution is 2.09. The van der Waals surface area contributed by atoms with E-state index >= 15 is 0 Å². The van der Waals surface area contributed by atoms with Gasteiger partial charge in [0.1, 0.15) is 11.6 Å². The highest BCUT2D eigenvalue weighted by Gasteiger charge is 1.98. The minimum Gasteiger partial charge on any atom is -0.508 e. The van der Waals surface area contributed by atoms with Crippen molar-refractivity contribution < 1.29 is 5.11 Å². The number of amidine groups is 1. The van der Waals surface area contributed by atoms with Gasteiger partial charge in [0.15, 0.2) is 0 Å². The Labute approximate surface area is 77.9 Å². The third-order valence-corrected chi connectivity index (χ3v) is 1.56. The van der Waals surface area contributed by atoms with E-state index in [1.807, 2.05) is 13.8 Å². The molecule has 0 atom stereocenters. The topological polar surface area (TPSA) is 58.6 Å². The van der Waals surface area contributed by atoms with Crippen LogP contribution in [0.3, 0.4) is 0 Å².